The summed E-state index contributed by atoms with van der Waals surface area (Å²) in [6.45, 7) is 2.20. The number of hydrogen-bond acceptors (Lipinski definition) is 2. The van der Waals surface area contributed by atoms with E-state index in [1.807, 2.05) is 0 Å². The minimum Gasteiger partial charge on any atom is -0.479 e. The largest absolute Gasteiger partial charge is 0.479 e. The lowest BCUT2D eigenvalue weighted by Crippen LogP contribution is -2.26. The van der Waals surface area contributed by atoms with Crippen LogP contribution in [0.25, 0.3) is 0 Å². The Balaban J connectivity index is 2.21. The number of unbranched alkanes of at least 4 members (excludes halogenated alkanes) is 7. The molecule has 124 valence electrons. The summed E-state index contributed by atoms with van der Waals surface area (Å²) < 4.78 is 18.2. The molecule has 1 rings (SSSR count). The molecule has 1 aromatic rings. The highest BCUT2D eigenvalue weighted by Gasteiger charge is 2.18. The molecule has 0 fully saturated rings. The normalized spacial score (nSPS) is 12.1. The Morgan fingerprint density at radius 3 is 2.14 bits per heavy atom. The van der Waals surface area contributed by atoms with Crippen LogP contribution in [0.4, 0.5) is 4.39 Å². The fourth-order valence-corrected chi connectivity index (χ4v) is 2.37. The number of rotatable bonds is 12. The lowest BCUT2D eigenvalue weighted by atomic mass is 10.1. The van der Waals surface area contributed by atoms with E-state index in [0.717, 1.165) is 19.3 Å². The van der Waals surface area contributed by atoms with Crippen molar-refractivity contribution >= 4 is 5.97 Å². The van der Waals surface area contributed by atoms with Crippen molar-refractivity contribution in [2.45, 2.75) is 70.8 Å². The molecule has 0 radical (unpaired) electrons. The zero-order chi connectivity index (χ0) is 16.2. The maximum atomic E-state index is 12.8. The lowest BCUT2D eigenvalue weighted by Gasteiger charge is -2.15. The van der Waals surface area contributed by atoms with Gasteiger partial charge >= 0.3 is 5.97 Å². The summed E-state index contributed by atoms with van der Waals surface area (Å²) >= 11 is 0. The Labute approximate surface area is 132 Å². The minimum atomic E-state index is -0.965. The van der Waals surface area contributed by atoms with Crippen LogP contribution in [-0.2, 0) is 4.79 Å². The first-order valence-electron chi connectivity index (χ1n) is 8.28. The van der Waals surface area contributed by atoms with E-state index in [0.29, 0.717) is 12.2 Å². The van der Waals surface area contributed by atoms with Crippen LogP contribution in [0.2, 0.25) is 0 Å². The van der Waals surface area contributed by atoms with Gasteiger partial charge in [-0.3, -0.25) is 0 Å². The number of ether oxygens (including phenoxy) is 1. The third-order valence-corrected chi connectivity index (χ3v) is 3.69. The van der Waals surface area contributed by atoms with Crippen LogP contribution in [0.15, 0.2) is 24.3 Å². The Morgan fingerprint density at radius 1 is 1.05 bits per heavy atom. The van der Waals surface area contributed by atoms with E-state index < -0.39 is 12.1 Å². The Bertz CT molecular complexity index is 417. The molecular formula is C18H27FO3. The van der Waals surface area contributed by atoms with Crippen LogP contribution in [0.5, 0.6) is 5.75 Å². The predicted octanol–water partition coefficient (Wildman–Crippen LogP) is 5.19. The highest BCUT2D eigenvalue weighted by Crippen LogP contribution is 2.17. The van der Waals surface area contributed by atoms with E-state index in [2.05, 4.69) is 6.92 Å². The molecule has 0 heterocycles. The number of aliphatic carboxylic acids is 1. The summed E-state index contributed by atoms with van der Waals surface area (Å²) in [5.41, 5.74) is 0. The van der Waals surface area contributed by atoms with Gasteiger partial charge in [0.15, 0.2) is 6.10 Å². The quantitative estimate of drug-likeness (QED) is 0.540. The van der Waals surface area contributed by atoms with Crippen molar-refractivity contribution in [3.63, 3.8) is 0 Å². The molecule has 1 unspecified atom stereocenters. The van der Waals surface area contributed by atoms with Gasteiger partial charge < -0.3 is 9.84 Å². The van der Waals surface area contributed by atoms with Crippen LogP contribution in [0, 0.1) is 5.82 Å². The number of hydrogen-bond donors (Lipinski definition) is 1. The summed E-state index contributed by atoms with van der Waals surface area (Å²) in [7, 11) is 0. The molecule has 0 bridgehead atoms. The van der Waals surface area contributed by atoms with E-state index in [1.165, 1.54) is 56.4 Å². The van der Waals surface area contributed by atoms with Gasteiger partial charge in [0.2, 0.25) is 0 Å². The van der Waals surface area contributed by atoms with Gasteiger partial charge in [0.25, 0.3) is 0 Å². The van der Waals surface area contributed by atoms with Gasteiger partial charge in [0, 0.05) is 0 Å². The number of carbonyl (C=O) groups is 1. The summed E-state index contributed by atoms with van der Waals surface area (Å²) in [4.78, 5) is 11.2. The van der Waals surface area contributed by atoms with Crippen LogP contribution in [0.3, 0.4) is 0 Å². The van der Waals surface area contributed by atoms with Crippen molar-refractivity contribution in [2.24, 2.45) is 0 Å². The molecule has 0 spiro atoms. The molecular weight excluding hydrogens is 283 g/mol. The second-order valence-electron chi connectivity index (χ2n) is 5.66. The Morgan fingerprint density at radius 2 is 1.59 bits per heavy atom. The van der Waals surface area contributed by atoms with Crippen LogP contribution in [0.1, 0.15) is 64.7 Å². The van der Waals surface area contributed by atoms with Gasteiger partial charge in [0.05, 0.1) is 0 Å². The predicted molar refractivity (Wildman–Crippen MR) is 85.7 cm³/mol. The SMILES string of the molecule is CCCCCCCCCCC(Oc1ccc(F)cc1)C(=O)O. The van der Waals surface area contributed by atoms with E-state index in [9.17, 15) is 14.3 Å². The molecule has 0 aromatic heterocycles. The van der Waals surface area contributed by atoms with Crippen LogP contribution >= 0.6 is 0 Å². The second kappa shape index (κ2) is 11.0. The highest BCUT2D eigenvalue weighted by molar-refractivity contribution is 5.72. The van der Waals surface area contributed by atoms with Gasteiger partial charge in [-0.1, -0.05) is 51.9 Å². The second-order valence-corrected chi connectivity index (χ2v) is 5.66. The summed E-state index contributed by atoms with van der Waals surface area (Å²) in [5, 5.41) is 9.19. The van der Waals surface area contributed by atoms with Crippen molar-refractivity contribution in [3.8, 4) is 5.75 Å². The van der Waals surface area contributed by atoms with E-state index >= 15 is 0 Å². The molecule has 1 atom stereocenters. The lowest BCUT2D eigenvalue weighted by molar-refractivity contribution is -0.145. The topological polar surface area (TPSA) is 46.5 Å². The van der Waals surface area contributed by atoms with E-state index in [-0.39, 0.29) is 5.82 Å². The fraction of sp³-hybridized carbons (Fsp3) is 0.611. The van der Waals surface area contributed by atoms with Crippen molar-refractivity contribution < 1.29 is 19.0 Å². The summed E-state index contributed by atoms with van der Waals surface area (Å²) in [6, 6.07) is 5.45. The van der Waals surface area contributed by atoms with Crippen molar-refractivity contribution in [1.82, 2.24) is 0 Å². The van der Waals surface area contributed by atoms with E-state index in [4.69, 9.17) is 4.74 Å². The molecule has 1 N–H and O–H groups in total. The molecule has 0 aliphatic heterocycles. The van der Waals surface area contributed by atoms with Crippen molar-refractivity contribution in [2.75, 3.05) is 0 Å². The van der Waals surface area contributed by atoms with Gasteiger partial charge in [0.1, 0.15) is 11.6 Å². The molecule has 3 nitrogen and oxygen atoms in total. The Kier molecular flexibility index (Phi) is 9.28. The molecule has 0 saturated carbocycles. The Hall–Kier alpha value is -1.58. The maximum Gasteiger partial charge on any atom is 0.344 e. The highest BCUT2D eigenvalue weighted by atomic mass is 19.1. The van der Waals surface area contributed by atoms with Crippen molar-refractivity contribution in [3.05, 3.63) is 30.1 Å². The molecule has 4 heteroatoms. The van der Waals surface area contributed by atoms with Gasteiger partial charge in [-0.15, -0.1) is 0 Å². The summed E-state index contributed by atoms with van der Waals surface area (Å²) in [6.07, 6.45) is 8.97. The van der Waals surface area contributed by atoms with Crippen LogP contribution in [-0.4, -0.2) is 17.2 Å². The summed E-state index contributed by atoms with van der Waals surface area (Å²) in [5.74, 6) is -0.928. The third-order valence-electron chi connectivity index (χ3n) is 3.69. The molecule has 0 aliphatic rings. The molecule has 0 saturated heterocycles. The smallest absolute Gasteiger partial charge is 0.344 e. The standard InChI is InChI=1S/C18H27FO3/c1-2-3-4-5-6-7-8-9-10-17(18(20)21)22-16-13-11-15(19)12-14-16/h11-14,17H,2-10H2,1H3,(H,20,21). The average Bonchev–Trinajstić information content (AvgIpc) is 2.50. The first kappa shape index (κ1) is 18.5. The third kappa shape index (κ3) is 8.01. The van der Waals surface area contributed by atoms with Crippen LogP contribution < -0.4 is 4.74 Å². The first-order valence-corrected chi connectivity index (χ1v) is 8.28. The number of carboxylic acids is 1. The van der Waals surface area contributed by atoms with E-state index in [1.54, 1.807) is 0 Å². The molecule has 1 aromatic carbocycles. The monoisotopic (exact) mass is 310 g/mol. The number of halogens is 1. The molecule has 0 amide bonds. The zero-order valence-corrected chi connectivity index (χ0v) is 13.4. The van der Waals surface area contributed by atoms with Crippen molar-refractivity contribution in [1.29, 1.82) is 0 Å². The fourth-order valence-electron chi connectivity index (χ4n) is 2.37. The maximum absolute atomic E-state index is 12.8. The van der Waals surface area contributed by atoms with Gasteiger partial charge in [-0.25, -0.2) is 9.18 Å². The zero-order valence-electron chi connectivity index (χ0n) is 13.4. The van der Waals surface area contributed by atoms with Gasteiger partial charge in [-0.2, -0.15) is 0 Å². The number of benzene rings is 1. The average molecular weight is 310 g/mol. The van der Waals surface area contributed by atoms with Gasteiger partial charge in [-0.05, 0) is 37.1 Å². The molecule has 0 aliphatic carbocycles. The first-order chi connectivity index (χ1) is 10.6. The molecule has 22 heavy (non-hydrogen) atoms. The number of carboxylic acid groups (broad SMARTS) is 1. The minimum absolute atomic E-state index is 0.359.